The van der Waals surface area contributed by atoms with E-state index in [0.717, 1.165) is 5.56 Å². The standard InChI is InChI=1S/C21H23NO6/c1-14(20(23)27-4)19(16-10-11-17(25-2)18(12-16)26-3)22-21(24)28-13-15-8-6-5-7-9-15/h5-12,19H,1,13H2,2-4H3,(H,22,24). The number of carbonyl (C=O) groups is 2. The molecule has 1 N–H and O–H groups in total. The van der Waals surface area contributed by atoms with E-state index in [1.807, 2.05) is 30.3 Å². The second-order valence-corrected chi connectivity index (χ2v) is 5.77. The first-order valence-electron chi connectivity index (χ1n) is 8.46. The highest BCUT2D eigenvalue weighted by atomic mass is 16.5. The van der Waals surface area contributed by atoms with Crippen LogP contribution >= 0.6 is 0 Å². The Bertz CT molecular complexity index is 834. The molecule has 0 spiro atoms. The Morgan fingerprint density at radius 1 is 1.00 bits per heavy atom. The average Bonchev–Trinajstić information content (AvgIpc) is 2.75. The van der Waals surface area contributed by atoms with Crippen molar-refractivity contribution in [2.75, 3.05) is 21.3 Å². The molecule has 28 heavy (non-hydrogen) atoms. The summed E-state index contributed by atoms with van der Waals surface area (Å²) in [7, 11) is 4.25. The van der Waals surface area contributed by atoms with Gasteiger partial charge in [-0.3, -0.25) is 0 Å². The van der Waals surface area contributed by atoms with Gasteiger partial charge in [0.2, 0.25) is 0 Å². The van der Waals surface area contributed by atoms with E-state index >= 15 is 0 Å². The third kappa shape index (κ3) is 5.26. The minimum absolute atomic E-state index is 0.0476. The first-order valence-corrected chi connectivity index (χ1v) is 8.46. The highest BCUT2D eigenvalue weighted by Gasteiger charge is 2.25. The van der Waals surface area contributed by atoms with Crippen LogP contribution in [0.25, 0.3) is 0 Å². The van der Waals surface area contributed by atoms with E-state index in [2.05, 4.69) is 11.9 Å². The van der Waals surface area contributed by atoms with Crippen LogP contribution in [0.2, 0.25) is 0 Å². The molecule has 148 valence electrons. The van der Waals surface area contributed by atoms with Crippen molar-refractivity contribution >= 4 is 12.1 Å². The predicted octanol–water partition coefficient (Wildman–Crippen LogP) is 3.40. The van der Waals surface area contributed by atoms with E-state index < -0.39 is 18.1 Å². The lowest BCUT2D eigenvalue weighted by Gasteiger charge is -2.21. The molecule has 2 aromatic carbocycles. The predicted molar refractivity (Wildman–Crippen MR) is 103 cm³/mol. The van der Waals surface area contributed by atoms with Crippen molar-refractivity contribution in [3.8, 4) is 11.5 Å². The SMILES string of the molecule is C=C(C(=O)OC)C(NC(=O)OCc1ccccc1)c1ccc(OC)c(OC)c1. The molecule has 1 unspecified atom stereocenters. The molecule has 0 aliphatic carbocycles. The molecule has 0 aliphatic heterocycles. The van der Waals surface area contributed by atoms with Crippen LogP contribution in [-0.4, -0.2) is 33.4 Å². The van der Waals surface area contributed by atoms with Crippen molar-refractivity contribution in [3.63, 3.8) is 0 Å². The van der Waals surface area contributed by atoms with E-state index in [1.54, 1.807) is 18.2 Å². The number of hydrogen-bond donors (Lipinski definition) is 1. The number of methoxy groups -OCH3 is 3. The van der Waals surface area contributed by atoms with E-state index in [4.69, 9.17) is 18.9 Å². The van der Waals surface area contributed by atoms with Crippen LogP contribution < -0.4 is 14.8 Å². The van der Waals surface area contributed by atoms with Gasteiger partial charge in [-0.1, -0.05) is 43.0 Å². The number of benzene rings is 2. The van der Waals surface area contributed by atoms with Crippen LogP contribution in [0.15, 0.2) is 60.7 Å². The molecule has 0 saturated carbocycles. The second kappa shape index (κ2) is 10.0. The maximum Gasteiger partial charge on any atom is 0.408 e. The van der Waals surface area contributed by atoms with Crippen LogP contribution in [0, 0.1) is 0 Å². The molecule has 0 fully saturated rings. The van der Waals surface area contributed by atoms with Crippen molar-refractivity contribution in [3.05, 3.63) is 71.8 Å². The van der Waals surface area contributed by atoms with Gasteiger partial charge >= 0.3 is 12.1 Å². The molecule has 0 saturated heterocycles. The lowest BCUT2D eigenvalue weighted by molar-refractivity contribution is -0.136. The van der Waals surface area contributed by atoms with Gasteiger partial charge < -0.3 is 24.3 Å². The first-order chi connectivity index (χ1) is 13.5. The van der Waals surface area contributed by atoms with E-state index in [1.165, 1.54) is 21.3 Å². The molecular weight excluding hydrogens is 362 g/mol. The van der Waals surface area contributed by atoms with Crippen LogP contribution in [0.1, 0.15) is 17.2 Å². The monoisotopic (exact) mass is 385 g/mol. The number of hydrogen-bond acceptors (Lipinski definition) is 6. The van der Waals surface area contributed by atoms with Crippen LogP contribution in [-0.2, 0) is 20.9 Å². The van der Waals surface area contributed by atoms with Crippen molar-refractivity contribution < 1.29 is 28.5 Å². The highest BCUT2D eigenvalue weighted by Crippen LogP contribution is 2.32. The number of amides is 1. The summed E-state index contributed by atoms with van der Waals surface area (Å²) in [5.41, 5.74) is 1.45. The van der Waals surface area contributed by atoms with E-state index in [9.17, 15) is 9.59 Å². The zero-order chi connectivity index (χ0) is 20.5. The van der Waals surface area contributed by atoms with Crippen molar-refractivity contribution in [1.82, 2.24) is 5.32 Å². The minimum atomic E-state index is -0.865. The lowest BCUT2D eigenvalue weighted by Crippen LogP contribution is -2.32. The Morgan fingerprint density at radius 2 is 1.68 bits per heavy atom. The van der Waals surface area contributed by atoms with Crippen LogP contribution in [0.4, 0.5) is 4.79 Å². The normalized spacial score (nSPS) is 11.1. The number of rotatable bonds is 8. The maximum atomic E-state index is 12.3. The Kier molecular flexibility index (Phi) is 7.45. The molecule has 0 aliphatic rings. The van der Waals surface area contributed by atoms with Gasteiger partial charge in [0.1, 0.15) is 6.61 Å². The summed E-state index contributed by atoms with van der Waals surface area (Å²) in [6.45, 7) is 3.85. The number of carbonyl (C=O) groups excluding carboxylic acids is 2. The van der Waals surface area contributed by atoms with E-state index in [0.29, 0.717) is 17.1 Å². The van der Waals surface area contributed by atoms with Gasteiger partial charge in [-0.2, -0.15) is 0 Å². The Balaban J connectivity index is 2.21. The second-order valence-electron chi connectivity index (χ2n) is 5.77. The summed E-state index contributed by atoms with van der Waals surface area (Å²) < 4.78 is 20.5. The smallest absolute Gasteiger partial charge is 0.408 e. The Labute approximate surface area is 163 Å². The summed E-state index contributed by atoms with van der Waals surface area (Å²) >= 11 is 0. The summed E-state index contributed by atoms with van der Waals surface area (Å²) in [5, 5.41) is 2.65. The third-order valence-corrected chi connectivity index (χ3v) is 4.01. The fourth-order valence-electron chi connectivity index (χ4n) is 2.54. The fourth-order valence-corrected chi connectivity index (χ4v) is 2.54. The van der Waals surface area contributed by atoms with Crippen LogP contribution in [0.3, 0.4) is 0 Å². The molecule has 0 radical (unpaired) electrons. The molecule has 7 heteroatoms. The summed E-state index contributed by atoms with van der Waals surface area (Å²) in [5.74, 6) is 0.311. The quantitative estimate of drug-likeness (QED) is 0.554. The molecule has 0 heterocycles. The molecule has 0 bridgehead atoms. The zero-order valence-corrected chi connectivity index (χ0v) is 16.1. The van der Waals surface area contributed by atoms with Crippen molar-refractivity contribution in [2.45, 2.75) is 12.6 Å². The molecule has 2 rings (SSSR count). The van der Waals surface area contributed by atoms with Gasteiger partial charge in [-0.25, -0.2) is 9.59 Å². The zero-order valence-electron chi connectivity index (χ0n) is 16.1. The van der Waals surface area contributed by atoms with Gasteiger partial charge in [0.25, 0.3) is 0 Å². The summed E-state index contributed by atoms with van der Waals surface area (Å²) in [6, 6.07) is 13.4. The lowest BCUT2D eigenvalue weighted by atomic mass is 9.99. The first kappa shape index (κ1) is 20.8. The Hall–Kier alpha value is -3.48. The molecule has 0 aromatic heterocycles. The number of alkyl carbamates (subject to hydrolysis) is 1. The molecule has 1 amide bonds. The summed E-state index contributed by atoms with van der Waals surface area (Å²) in [4.78, 5) is 24.3. The molecule has 1 atom stereocenters. The maximum absolute atomic E-state index is 12.3. The third-order valence-electron chi connectivity index (χ3n) is 4.01. The average molecular weight is 385 g/mol. The summed E-state index contributed by atoms with van der Waals surface area (Å²) in [6.07, 6.45) is -0.700. The van der Waals surface area contributed by atoms with Gasteiger partial charge in [0.05, 0.1) is 32.9 Å². The van der Waals surface area contributed by atoms with Gasteiger partial charge in [-0.05, 0) is 23.3 Å². The fraction of sp³-hybridized carbons (Fsp3) is 0.238. The van der Waals surface area contributed by atoms with Crippen LogP contribution in [0.5, 0.6) is 11.5 Å². The van der Waals surface area contributed by atoms with Gasteiger partial charge in [0, 0.05) is 0 Å². The van der Waals surface area contributed by atoms with Crippen molar-refractivity contribution in [1.29, 1.82) is 0 Å². The number of nitrogens with one attached hydrogen (secondary N) is 1. The Morgan fingerprint density at radius 3 is 2.29 bits per heavy atom. The highest BCUT2D eigenvalue weighted by molar-refractivity contribution is 5.90. The largest absolute Gasteiger partial charge is 0.493 e. The minimum Gasteiger partial charge on any atom is -0.493 e. The number of esters is 1. The molecular formula is C21H23NO6. The molecule has 7 nitrogen and oxygen atoms in total. The molecule has 2 aromatic rings. The van der Waals surface area contributed by atoms with Gasteiger partial charge in [-0.15, -0.1) is 0 Å². The van der Waals surface area contributed by atoms with Crippen molar-refractivity contribution in [2.24, 2.45) is 0 Å². The van der Waals surface area contributed by atoms with E-state index in [-0.39, 0.29) is 12.2 Å². The number of ether oxygens (including phenoxy) is 4. The van der Waals surface area contributed by atoms with Gasteiger partial charge in [0.15, 0.2) is 11.5 Å². The topological polar surface area (TPSA) is 83.1 Å².